The lowest BCUT2D eigenvalue weighted by atomic mass is 10.2. The molecule has 0 bridgehead atoms. The van der Waals surface area contributed by atoms with Gasteiger partial charge in [0, 0.05) is 0 Å². The van der Waals surface area contributed by atoms with E-state index in [1.165, 1.54) is 12.1 Å². The van der Waals surface area contributed by atoms with Crippen LogP contribution in [0.2, 0.25) is 5.02 Å². The van der Waals surface area contributed by atoms with Gasteiger partial charge in [-0.3, -0.25) is 0 Å². The standard InChI is InChI=1S/C15H11ClFN3O3S/c1-9-6-7-13(12(17)8-9)24(21,22)20-15-18-14(23-19-15)10-4-2-3-5-11(10)16/h2-8H,1H3,(H,19,20). The van der Waals surface area contributed by atoms with Gasteiger partial charge in [0.2, 0.25) is 0 Å². The third kappa shape index (κ3) is 3.24. The Kier molecular flexibility index (Phi) is 4.25. The average Bonchev–Trinajstić information content (AvgIpc) is 2.94. The van der Waals surface area contributed by atoms with Crippen molar-refractivity contribution in [2.75, 3.05) is 4.72 Å². The van der Waals surface area contributed by atoms with Gasteiger partial charge in [-0.2, -0.15) is 4.98 Å². The smallest absolute Gasteiger partial charge is 0.277 e. The van der Waals surface area contributed by atoms with Gasteiger partial charge in [-0.15, -0.1) is 0 Å². The third-order valence-corrected chi connectivity index (χ3v) is 4.82. The molecule has 6 nitrogen and oxygen atoms in total. The van der Waals surface area contributed by atoms with Crippen molar-refractivity contribution in [3.8, 4) is 11.5 Å². The summed E-state index contributed by atoms with van der Waals surface area (Å²) in [5.74, 6) is -1.13. The van der Waals surface area contributed by atoms with Crippen molar-refractivity contribution in [3.05, 3.63) is 58.9 Å². The number of hydrogen-bond donors (Lipinski definition) is 1. The van der Waals surface area contributed by atoms with Crippen LogP contribution in [0.5, 0.6) is 0 Å². The molecule has 0 fully saturated rings. The molecule has 1 N–H and O–H groups in total. The first-order valence-corrected chi connectivity index (χ1v) is 8.60. The molecule has 0 aliphatic carbocycles. The van der Waals surface area contributed by atoms with E-state index in [2.05, 4.69) is 14.9 Å². The average molecular weight is 368 g/mol. The van der Waals surface area contributed by atoms with Crippen molar-refractivity contribution in [1.29, 1.82) is 0 Å². The van der Waals surface area contributed by atoms with Crippen molar-refractivity contribution < 1.29 is 17.3 Å². The molecule has 0 spiro atoms. The number of rotatable bonds is 4. The second-order valence-electron chi connectivity index (χ2n) is 4.94. The number of aryl methyl sites for hydroxylation is 1. The van der Waals surface area contributed by atoms with Gasteiger partial charge in [0.15, 0.2) is 0 Å². The van der Waals surface area contributed by atoms with Crippen LogP contribution in [-0.4, -0.2) is 18.6 Å². The largest absolute Gasteiger partial charge is 0.332 e. The molecule has 0 aliphatic rings. The van der Waals surface area contributed by atoms with Crippen LogP contribution >= 0.6 is 11.6 Å². The summed E-state index contributed by atoms with van der Waals surface area (Å²) in [4.78, 5) is 3.42. The van der Waals surface area contributed by atoms with Crippen molar-refractivity contribution in [2.45, 2.75) is 11.8 Å². The summed E-state index contributed by atoms with van der Waals surface area (Å²) in [6.45, 7) is 1.65. The predicted octanol–water partition coefficient (Wildman–Crippen LogP) is 3.64. The van der Waals surface area contributed by atoms with Gasteiger partial charge < -0.3 is 4.52 Å². The Balaban J connectivity index is 1.90. The highest BCUT2D eigenvalue weighted by molar-refractivity contribution is 7.92. The minimum Gasteiger partial charge on any atom is -0.332 e. The molecular weight excluding hydrogens is 357 g/mol. The van der Waals surface area contributed by atoms with Crippen LogP contribution in [0.1, 0.15) is 5.56 Å². The molecule has 0 atom stereocenters. The number of aromatic nitrogens is 2. The Morgan fingerprint density at radius 3 is 2.67 bits per heavy atom. The molecular formula is C15H11ClFN3O3S. The topological polar surface area (TPSA) is 85.1 Å². The minimum atomic E-state index is -4.18. The van der Waals surface area contributed by atoms with Crippen LogP contribution < -0.4 is 4.72 Å². The van der Waals surface area contributed by atoms with Crippen molar-refractivity contribution >= 4 is 27.6 Å². The van der Waals surface area contributed by atoms with Crippen LogP contribution in [-0.2, 0) is 10.0 Å². The lowest BCUT2D eigenvalue weighted by Crippen LogP contribution is -2.15. The van der Waals surface area contributed by atoms with Gasteiger partial charge in [0.05, 0.1) is 10.6 Å². The molecule has 0 amide bonds. The molecule has 0 saturated heterocycles. The van der Waals surface area contributed by atoms with Crippen LogP contribution in [0.15, 0.2) is 51.9 Å². The maximum absolute atomic E-state index is 13.9. The van der Waals surface area contributed by atoms with Crippen LogP contribution in [0, 0.1) is 12.7 Å². The highest BCUT2D eigenvalue weighted by Gasteiger charge is 2.22. The molecule has 2 aromatic carbocycles. The first kappa shape index (κ1) is 16.4. The monoisotopic (exact) mass is 367 g/mol. The summed E-state index contributed by atoms with van der Waals surface area (Å²) in [7, 11) is -4.18. The van der Waals surface area contributed by atoms with E-state index in [1.807, 2.05) is 0 Å². The first-order chi connectivity index (χ1) is 11.4. The number of sulfonamides is 1. The van der Waals surface area contributed by atoms with E-state index in [0.29, 0.717) is 16.1 Å². The van der Waals surface area contributed by atoms with E-state index in [1.54, 1.807) is 31.2 Å². The normalized spacial score (nSPS) is 11.5. The minimum absolute atomic E-state index is 0.0441. The molecule has 9 heteroatoms. The SMILES string of the molecule is Cc1ccc(S(=O)(=O)Nc2noc(-c3ccccc3Cl)n2)c(F)c1. The summed E-state index contributed by atoms with van der Waals surface area (Å²) in [6.07, 6.45) is 0. The second kappa shape index (κ2) is 6.21. The maximum atomic E-state index is 13.9. The number of nitrogens with one attached hydrogen (secondary N) is 1. The Labute approximate surface area is 142 Å². The summed E-state index contributed by atoms with van der Waals surface area (Å²) in [6, 6.07) is 10.5. The van der Waals surface area contributed by atoms with E-state index < -0.39 is 20.7 Å². The predicted molar refractivity (Wildman–Crippen MR) is 86.7 cm³/mol. The molecule has 3 aromatic rings. The Morgan fingerprint density at radius 2 is 1.96 bits per heavy atom. The molecule has 124 valence electrons. The van der Waals surface area contributed by atoms with Crippen LogP contribution in [0.4, 0.5) is 10.3 Å². The van der Waals surface area contributed by atoms with Gasteiger partial charge in [0.1, 0.15) is 10.7 Å². The maximum Gasteiger partial charge on any atom is 0.277 e. The van der Waals surface area contributed by atoms with E-state index in [9.17, 15) is 12.8 Å². The molecule has 0 radical (unpaired) electrons. The number of hydrogen-bond acceptors (Lipinski definition) is 5. The first-order valence-electron chi connectivity index (χ1n) is 6.74. The molecule has 0 aliphatic heterocycles. The van der Waals surface area contributed by atoms with Gasteiger partial charge in [-0.25, -0.2) is 17.5 Å². The zero-order valence-electron chi connectivity index (χ0n) is 12.3. The van der Waals surface area contributed by atoms with Gasteiger partial charge in [-0.05, 0) is 41.9 Å². The highest BCUT2D eigenvalue weighted by Crippen LogP contribution is 2.27. The lowest BCUT2D eigenvalue weighted by molar-refractivity contribution is 0.433. The highest BCUT2D eigenvalue weighted by atomic mass is 35.5. The van der Waals surface area contributed by atoms with Crippen LogP contribution in [0.3, 0.4) is 0 Å². The Morgan fingerprint density at radius 1 is 1.21 bits per heavy atom. The molecule has 1 aromatic heterocycles. The van der Waals surface area contributed by atoms with E-state index in [4.69, 9.17) is 16.1 Å². The molecule has 0 unspecified atom stereocenters. The quantitative estimate of drug-likeness (QED) is 0.761. The zero-order valence-corrected chi connectivity index (χ0v) is 13.9. The number of anilines is 1. The molecule has 1 heterocycles. The summed E-state index contributed by atoms with van der Waals surface area (Å²) in [5, 5.41) is 3.91. The van der Waals surface area contributed by atoms with E-state index in [0.717, 1.165) is 6.07 Å². The van der Waals surface area contributed by atoms with Crippen molar-refractivity contribution in [3.63, 3.8) is 0 Å². The fourth-order valence-corrected chi connectivity index (χ4v) is 3.22. The van der Waals surface area contributed by atoms with E-state index in [-0.39, 0.29) is 11.8 Å². The molecule has 3 rings (SSSR count). The Bertz CT molecular complexity index is 1000. The van der Waals surface area contributed by atoms with Crippen LogP contribution in [0.25, 0.3) is 11.5 Å². The zero-order chi connectivity index (χ0) is 17.3. The summed E-state index contributed by atoms with van der Waals surface area (Å²) in [5.41, 5.74) is 1.06. The van der Waals surface area contributed by atoms with E-state index >= 15 is 0 Å². The van der Waals surface area contributed by atoms with Gasteiger partial charge >= 0.3 is 0 Å². The molecule has 24 heavy (non-hydrogen) atoms. The van der Waals surface area contributed by atoms with Gasteiger partial charge in [0.25, 0.3) is 21.9 Å². The fourth-order valence-electron chi connectivity index (χ4n) is 2.01. The summed E-state index contributed by atoms with van der Waals surface area (Å²) >= 11 is 6.02. The Hall–Kier alpha value is -2.45. The number of nitrogens with zero attached hydrogens (tertiary/aromatic N) is 2. The van der Waals surface area contributed by atoms with Crippen molar-refractivity contribution in [2.24, 2.45) is 0 Å². The van der Waals surface area contributed by atoms with Crippen molar-refractivity contribution in [1.82, 2.24) is 10.1 Å². The summed E-state index contributed by atoms with van der Waals surface area (Å²) < 4.78 is 45.4. The fraction of sp³-hybridized carbons (Fsp3) is 0.0667. The number of halogens is 2. The third-order valence-electron chi connectivity index (χ3n) is 3.13. The van der Waals surface area contributed by atoms with Gasteiger partial charge in [-0.1, -0.05) is 29.8 Å². The number of benzene rings is 2. The second-order valence-corrected chi connectivity index (χ2v) is 7.00. The lowest BCUT2D eigenvalue weighted by Gasteiger charge is -2.05. The molecule has 0 saturated carbocycles.